The zero-order chi connectivity index (χ0) is 22.9. The van der Waals surface area contributed by atoms with Crippen LogP contribution in [0.5, 0.6) is 0 Å². The molecule has 0 radical (unpaired) electrons. The molecule has 3 aromatic rings. The Labute approximate surface area is 175 Å². The lowest BCUT2D eigenvalue weighted by Crippen LogP contribution is -2.41. The van der Waals surface area contributed by atoms with Crippen LogP contribution in [-0.4, -0.2) is 38.4 Å². The van der Waals surface area contributed by atoms with Crippen LogP contribution in [0.1, 0.15) is 36.6 Å². The summed E-state index contributed by atoms with van der Waals surface area (Å²) in [4.78, 5) is 30.7. The van der Waals surface area contributed by atoms with Gasteiger partial charge in [0.2, 0.25) is 0 Å². The molecule has 2 aromatic heterocycles. The number of aryl methyl sites for hydroxylation is 1. The molecule has 164 valence electrons. The maximum absolute atomic E-state index is 12.9. The van der Waals surface area contributed by atoms with Gasteiger partial charge in [-0.2, -0.15) is 18.3 Å². The van der Waals surface area contributed by atoms with Crippen molar-refractivity contribution in [3.63, 3.8) is 0 Å². The Morgan fingerprint density at radius 1 is 1.29 bits per heavy atom. The van der Waals surface area contributed by atoms with E-state index < -0.39 is 29.6 Å². The second-order valence-corrected chi connectivity index (χ2v) is 7.01. The van der Waals surface area contributed by atoms with Crippen LogP contribution in [-0.2, 0) is 15.8 Å². The number of alkyl halides is 3. The van der Waals surface area contributed by atoms with Crippen molar-refractivity contribution in [3.05, 3.63) is 47.3 Å². The molecule has 2 amide bonds. The molecule has 0 bridgehead atoms. The summed E-state index contributed by atoms with van der Waals surface area (Å²) in [5, 5.41) is 9.53. The molecule has 1 atom stereocenters. The van der Waals surface area contributed by atoms with Crippen molar-refractivity contribution in [2.45, 2.75) is 33.0 Å². The number of likely N-dealkylation sites (N-methyl/N-ethyl adjacent to an activating group) is 1. The van der Waals surface area contributed by atoms with Gasteiger partial charge in [-0.05, 0) is 44.0 Å². The van der Waals surface area contributed by atoms with Crippen LogP contribution in [0.4, 0.5) is 24.7 Å². The SMILES string of the molecule is CCN(C(=O)C(=O)Nc1cnc(N)c2cn[nH]c12)C(C)c1ccc(C(F)(F)F)cc1C. The second kappa shape index (κ2) is 8.25. The zero-order valence-electron chi connectivity index (χ0n) is 17.0. The van der Waals surface area contributed by atoms with Gasteiger partial charge in [0.25, 0.3) is 0 Å². The van der Waals surface area contributed by atoms with E-state index in [1.807, 2.05) is 0 Å². The largest absolute Gasteiger partial charge is 0.416 e. The molecule has 11 heteroatoms. The molecule has 0 aliphatic rings. The molecule has 0 aliphatic carbocycles. The molecule has 0 saturated carbocycles. The number of amides is 2. The molecule has 4 N–H and O–H groups in total. The molecule has 3 rings (SSSR count). The minimum Gasteiger partial charge on any atom is -0.383 e. The van der Waals surface area contributed by atoms with E-state index in [1.54, 1.807) is 13.8 Å². The van der Waals surface area contributed by atoms with Crippen LogP contribution in [0.25, 0.3) is 10.9 Å². The quantitative estimate of drug-likeness (QED) is 0.544. The number of aromatic nitrogens is 3. The Morgan fingerprint density at radius 3 is 2.61 bits per heavy atom. The van der Waals surface area contributed by atoms with Gasteiger partial charge >= 0.3 is 18.0 Å². The number of nitrogens with two attached hydrogens (primary N) is 1. The van der Waals surface area contributed by atoms with Crippen molar-refractivity contribution >= 4 is 34.2 Å². The molecule has 31 heavy (non-hydrogen) atoms. The van der Waals surface area contributed by atoms with Crippen molar-refractivity contribution in [1.82, 2.24) is 20.1 Å². The summed E-state index contributed by atoms with van der Waals surface area (Å²) in [6, 6.07) is 2.70. The van der Waals surface area contributed by atoms with E-state index in [9.17, 15) is 22.8 Å². The van der Waals surface area contributed by atoms with E-state index in [4.69, 9.17) is 5.73 Å². The predicted molar refractivity (Wildman–Crippen MR) is 109 cm³/mol. The number of halogens is 3. The van der Waals surface area contributed by atoms with Crippen LogP contribution in [0.15, 0.2) is 30.6 Å². The number of hydrogen-bond donors (Lipinski definition) is 3. The molecule has 0 saturated heterocycles. The summed E-state index contributed by atoms with van der Waals surface area (Å²) in [5.41, 5.74) is 6.52. The summed E-state index contributed by atoms with van der Waals surface area (Å²) in [6.07, 6.45) is -1.71. The first-order valence-corrected chi connectivity index (χ1v) is 9.41. The lowest BCUT2D eigenvalue weighted by Gasteiger charge is -2.29. The van der Waals surface area contributed by atoms with E-state index >= 15 is 0 Å². The van der Waals surface area contributed by atoms with Gasteiger partial charge in [0.15, 0.2) is 0 Å². The Hall–Kier alpha value is -3.63. The lowest BCUT2D eigenvalue weighted by molar-refractivity contribution is -0.144. The van der Waals surface area contributed by atoms with E-state index in [1.165, 1.54) is 30.3 Å². The standard InChI is InChI=1S/C20H21F3N6O2/c1-4-29(11(3)13-6-5-12(7-10(13)2)20(21,22)23)19(31)18(30)27-15-9-25-17(24)14-8-26-28-16(14)15/h5-9,11H,4H2,1-3H3,(H2,24,25)(H,26,28)(H,27,30). The van der Waals surface area contributed by atoms with Crippen molar-refractivity contribution in [1.29, 1.82) is 0 Å². The average molecular weight is 434 g/mol. The van der Waals surface area contributed by atoms with Gasteiger partial charge in [-0.3, -0.25) is 14.7 Å². The molecule has 2 heterocycles. The molecule has 0 aliphatic heterocycles. The maximum Gasteiger partial charge on any atom is 0.416 e. The van der Waals surface area contributed by atoms with Gasteiger partial charge in [-0.15, -0.1) is 0 Å². The van der Waals surface area contributed by atoms with Gasteiger partial charge in [0, 0.05) is 6.54 Å². The van der Waals surface area contributed by atoms with Crippen LogP contribution >= 0.6 is 0 Å². The number of nitrogens with zero attached hydrogens (tertiary/aromatic N) is 3. The number of nitrogens with one attached hydrogen (secondary N) is 2. The van der Waals surface area contributed by atoms with E-state index in [0.717, 1.165) is 12.1 Å². The normalized spacial score (nSPS) is 12.6. The first-order chi connectivity index (χ1) is 14.5. The highest BCUT2D eigenvalue weighted by molar-refractivity contribution is 6.40. The first kappa shape index (κ1) is 22.1. The zero-order valence-corrected chi connectivity index (χ0v) is 17.0. The number of anilines is 2. The number of H-pyrrole nitrogens is 1. The predicted octanol–water partition coefficient (Wildman–Crippen LogP) is 3.42. The fourth-order valence-corrected chi connectivity index (χ4v) is 3.44. The van der Waals surface area contributed by atoms with Crippen LogP contribution < -0.4 is 11.1 Å². The molecule has 0 fully saturated rings. The highest BCUT2D eigenvalue weighted by atomic mass is 19.4. The minimum absolute atomic E-state index is 0.174. The number of rotatable bonds is 4. The number of pyridine rings is 1. The van der Waals surface area contributed by atoms with E-state index in [2.05, 4.69) is 20.5 Å². The van der Waals surface area contributed by atoms with E-state index in [0.29, 0.717) is 22.0 Å². The molecule has 1 unspecified atom stereocenters. The summed E-state index contributed by atoms with van der Waals surface area (Å²) >= 11 is 0. The summed E-state index contributed by atoms with van der Waals surface area (Å²) < 4.78 is 38.8. The Balaban J connectivity index is 1.83. The number of aromatic amines is 1. The average Bonchev–Trinajstić information content (AvgIpc) is 3.20. The smallest absolute Gasteiger partial charge is 0.383 e. The monoisotopic (exact) mass is 434 g/mol. The van der Waals surface area contributed by atoms with E-state index in [-0.39, 0.29) is 18.1 Å². The highest BCUT2D eigenvalue weighted by Crippen LogP contribution is 2.33. The number of hydrogen-bond acceptors (Lipinski definition) is 5. The fourth-order valence-electron chi connectivity index (χ4n) is 3.44. The third-order valence-corrected chi connectivity index (χ3v) is 5.08. The molecular weight excluding hydrogens is 413 g/mol. The summed E-state index contributed by atoms with van der Waals surface area (Å²) in [6.45, 7) is 5.04. The minimum atomic E-state index is -4.46. The summed E-state index contributed by atoms with van der Waals surface area (Å²) in [7, 11) is 0. The van der Waals surface area contributed by atoms with Crippen molar-refractivity contribution in [3.8, 4) is 0 Å². The third-order valence-electron chi connectivity index (χ3n) is 5.08. The molecule has 1 aromatic carbocycles. The third kappa shape index (κ3) is 4.30. The van der Waals surface area contributed by atoms with Gasteiger partial charge in [-0.1, -0.05) is 6.07 Å². The van der Waals surface area contributed by atoms with Gasteiger partial charge in [-0.25, -0.2) is 4.98 Å². The number of carbonyl (C=O) groups excluding carboxylic acids is 2. The van der Waals surface area contributed by atoms with Gasteiger partial charge in [0.1, 0.15) is 5.82 Å². The molecular formula is C20H21F3N6O2. The number of benzene rings is 1. The number of fused-ring (bicyclic) bond motifs is 1. The van der Waals surface area contributed by atoms with Gasteiger partial charge in [0.05, 0.1) is 40.6 Å². The van der Waals surface area contributed by atoms with Crippen LogP contribution in [0, 0.1) is 6.92 Å². The topological polar surface area (TPSA) is 117 Å². The fraction of sp³-hybridized carbons (Fsp3) is 0.300. The second-order valence-electron chi connectivity index (χ2n) is 7.01. The Kier molecular flexibility index (Phi) is 5.87. The maximum atomic E-state index is 12.9. The van der Waals surface area contributed by atoms with Gasteiger partial charge < -0.3 is 16.0 Å². The van der Waals surface area contributed by atoms with Crippen molar-refractivity contribution in [2.75, 3.05) is 17.6 Å². The lowest BCUT2D eigenvalue weighted by atomic mass is 9.98. The molecule has 0 spiro atoms. The van der Waals surface area contributed by atoms with Crippen LogP contribution in [0.3, 0.4) is 0 Å². The number of carbonyl (C=O) groups is 2. The Morgan fingerprint density at radius 2 is 2.00 bits per heavy atom. The first-order valence-electron chi connectivity index (χ1n) is 9.41. The van der Waals surface area contributed by atoms with Crippen molar-refractivity contribution < 1.29 is 22.8 Å². The number of nitrogen functional groups attached to an aromatic ring is 1. The highest BCUT2D eigenvalue weighted by Gasteiger charge is 2.32. The van der Waals surface area contributed by atoms with Crippen LogP contribution in [0.2, 0.25) is 0 Å². The Bertz CT molecular complexity index is 1140. The summed E-state index contributed by atoms with van der Waals surface area (Å²) in [5.74, 6) is -1.53. The van der Waals surface area contributed by atoms with Crippen molar-refractivity contribution in [2.24, 2.45) is 0 Å². The molecule has 8 nitrogen and oxygen atoms in total.